The molecular formula is C30H29N5O3. The van der Waals surface area contributed by atoms with Crippen LogP contribution in [-0.4, -0.2) is 56.8 Å². The minimum Gasteiger partial charge on any atom is -0.372 e. The fraction of sp³-hybridized carbons (Fsp3) is 0.200. The van der Waals surface area contributed by atoms with Crippen LogP contribution in [0.25, 0.3) is 23.0 Å². The van der Waals surface area contributed by atoms with Crippen molar-refractivity contribution >= 4 is 17.9 Å². The van der Waals surface area contributed by atoms with Crippen LogP contribution in [0, 0.1) is 0 Å². The summed E-state index contributed by atoms with van der Waals surface area (Å²) in [5.41, 5.74) is 3.61. The quantitative estimate of drug-likeness (QED) is 0.392. The standard InChI is InChI=1S/C30H29N5O3/c1-21-18-34(19-22(2)38-21)30(37)27(32-29(36)23-10-5-3-6-11-23)16-25-20-35(26-13-7-4-8-14-26)33-28(25)24-12-9-15-31-17-24/h3-17,20-22H,18-19H2,1-2H3,(H,32,36). The first-order chi connectivity index (χ1) is 18.5. The summed E-state index contributed by atoms with van der Waals surface area (Å²) in [5, 5.41) is 7.69. The first-order valence-electron chi connectivity index (χ1n) is 12.6. The summed E-state index contributed by atoms with van der Waals surface area (Å²) in [4.78, 5) is 33.0. The summed E-state index contributed by atoms with van der Waals surface area (Å²) < 4.78 is 7.58. The number of aromatic nitrogens is 3. The van der Waals surface area contributed by atoms with E-state index < -0.39 is 0 Å². The topological polar surface area (TPSA) is 89.4 Å². The van der Waals surface area contributed by atoms with Crippen LogP contribution < -0.4 is 5.32 Å². The Morgan fingerprint density at radius 2 is 1.63 bits per heavy atom. The molecule has 8 nitrogen and oxygen atoms in total. The van der Waals surface area contributed by atoms with Gasteiger partial charge in [-0.3, -0.25) is 14.6 Å². The molecule has 0 spiro atoms. The van der Waals surface area contributed by atoms with Crippen molar-refractivity contribution in [2.24, 2.45) is 0 Å². The first kappa shape index (κ1) is 25.1. The van der Waals surface area contributed by atoms with Crippen LogP contribution in [0.3, 0.4) is 0 Å². The van der Waals surface area contributed by atoms with E-state index in [4.69, 9.17) is 9.84 Å². The third kappa shape index (κ3) is 5.71. The van der Waals surface area contributed by atoms with Gasteiger partial charge in [0.05, 0.1) is 17.9 Å². The molecule has 2 atom stereocenters. The van der Waals surface area contributed by atoms with Crippen molar-refractivity contribution in [1.29, 1.82) is 0 Å². The molecule has 1 aliphatic rings. The Kier molecular flexibility index (Phi) is 7.42. The van der Waals surface area contributed by atoms with Crippen molar-refractivity contribution in [3.05, 3.63) is 108 Å². The SMILES string of the molecule is CC1CN(C(=O)C(=Cc2cn(-c3ccccc3)nc2-c2cccnc2)NC(=O)c2ccccc2)CC(C)O1. The van der Waals surface area contributed by atoms with Gasteiger partial charge in [-0.15, -0.1) is 0 Å². The summed E-state index contributed by atoms with van der Waals surface area (Å²) in [5.74, 6) is -0.640. The Hall–Kier alpha value is -4.56. The number of hydrogen-bond donors (Lipinski definition) is 1. The molecule has 8 heteroatoms. The highest BCUT2D eigenvalue weighted by Gasteiger charge is 2.29. The van der Waals surface area contributed by atoms with Crippen molar-refractivity contribution in [2.75, 3.05) is 13.1 Å². The van der Waals surface area contributed by atoms with Crippen LogP contribution in [0.4, 0.5) is 0 Å². The zero-order valence-corrected chi connectivity index (χ0v) is 21.3. The highest BCUT2D eigenvalue weighted by atomic mass is 16.5. The van der Waals surface area contributed by atoms with Gasteiger partial charge in [0.2, 0.25) is 0 Å². The zero-order valence-electron chi connectivity index (χ0n) is 21.3. The molecule has 0 saturated carbocycles. The smallest absolute Gasteiger partial charge is 0.270 e. The first-order valence-corrected chi connectivity index (χ1v) is 12.6. The second kappa shape index (κ2) is 11.2. The van der Waals surface area contributed by atoms with Crippen LogP contribution in [0.2, 0.25) is 0 Å². The number of amides is 2. The maximum absolute atomic E-state index is 13.8. The van der Waals surface area contributed by atoms with E-state index in [1.807, 2.05) is 68.6 Å². The van der Waals surface area contributed by atoms with Crippen LogP contribution in [0.15, 0.2) is 97.1 Å². The molecule has 2 amide bonds. The molecule has 2 unspecified atom stereocenters. The number of pyridine rings is 1. The second-order valence-electron chi connectivity index (χ2n) is 9.30. The van der Waals surface area contributed by atoms with E-state index in [9.17, 15) is 9.59 Å². The predicted molar refractivity (Wildman–Crippen MR) is 145 cm³/mol. The van der Waals surface area contributed by atoms with Crippen molar-refractivity contribution in [3.63, 3.8) is 0 Å². The minimum absolute atomic E-state index is 0.111. The molecule has 4 aromatic rings. The fourth-order valence-corrected chi connectivity index (χ4v) is 4.54. The van der Waals surface area contributed by atoms with Gasteiger partial charge in [0.1, 0.15) is 11.4 Å². The Morgan fingerprint density at radius 1 is 0.947 bits per heavy atom. The summed E-state index contributed by atoms with van der Waals surface area (Å²) in [6.45, 7) is 4.74. The van der Waals surface area contributed by atoms with Crippen LogP contribution >= 0.6 is 0 Å². The monoisotopic (exact) mass is 507 g/mol. The normalized spacial score (nSPS) is 17.7. The Balaban J connectivity index is 1.59. The van der Waals surface area contributed by atoms with Gasteiger partial charge in [-0.25, -0.2) is 4.68 Å². The third-order valence-corrected chi connectivity index (χ3v) is 6.22. The van der Waals surface area contributed by atoms with Gasteiger partial charge in [-0.05, 0) is 56.3 Å². The molecule has 0 radical (unpaired) electrons. The molecule has 192 valence electrons. The molecule has 0 bridgehead atoms. The number of carbonyl (C=O) groups is 2. The highest BCUT2D eigenvalue weighted by Crippen LogP contribution is 2.26. The molecule has 5 rings (SSSR count). The van der Waals surface area contributed by atoms with Gasteiger partial charge >= 0.3 is 0 Å². The van der Waals surface area contributed by atoms with Crippen LogP contribution in [0.5, 0.6) is 0 Å². The second-order valence-corrected chi connectivity index (χ2v) is 9.30. The highest BCUT2D eigenvalue weighted by molar-refractivity contribution is 6.05. The number of benzene rings is 2. The van der Waals surface area contributed by atoms with Gasteiger partial charge in [0.15, 0.2) is 0 Å². The summed E-state index contributed by atoms with van der Waals surface area (Å²) in [6.07, 6.45) is 6.75. The van der Waals surface area contributed by atoms with E-state index >= 15 is 0 Å². The Labute approximate surface area is 221 Å². The van der Waals surface area contributed by atoms with E-state index in [1.165, 1.54) is 0 Å². The number of hydrogen-bond acceptors (Lipinski definition) is 5. The lowest BCUT2D eigenvalue weighted by Gasteiger charge is -2.35. The van der Waals surface area contributed by atoms with E-state index in [-0.39, 0.29) is 29.7 Å². The summed E-state index contributed by atoms with van der Waals surface area (Å²) in [7, 11) is 0. The molecular weight excluding hydrogens is 478 g/mol. The third-order valence-electron chi connectivity index (χ3n) is 6.22. The van der Waals surface area contributed by atoms with E-state index in [0.29, 0.717) is 29.9 Å². The summed E-state index contributed by atoms with van der Waals surface area (Å²) >= 11 is 0. The van der Waals surface area contributed by atoms with Crippen molar-refractivity contribution in [3.8, 4) is 16.9 Å². The largest absolute Gasteiger partial charge is 0.372 e. The number of nitrogens with one attached hydrogen (secondary N) is 1. The van der Waals surface area contributed by atoms with Gasteiger partial charge < -0.3 is 15.0 Å². The lowest BCUT2D eigenvalue weighted by Crippen LogP contribution is -2.50. The molecule has 1 N–H and O–H groups in total. The molecule has 38 heavy (non-hydrogen) atoms. The minimum atomic E-state index is -0.363. The van der Waals surface area contributed by atoms with Gasteiger partial charge in [0.25, 0.3) is 11.8 Å². The summed E-state index contributed by atoms with van der Waals surface area (Å²) in [6, 6.07) is 22.3. The fourth-order valence-electron chi connectivity index (χ4n) is 4.54. The molecule has 2 aromatic carbocycles. The molecule has 3 heterocycles. The van der Waals surface area contributed by atoms with Gasteiger partial charge in [-0.2, -0.15) is 5.10 Å². The van der Waals surface area contributed by atoms with Crippen molar-refractivity contribution < 1.29 is 14.3 Å². The number of rotatable bonds is 6. The predicted octanol–water partition coefficient (Wildman–Crippen LogP) is 4.34. The Morgan fingerprint density at radius 3 is 2.29 bits per heavy atom. The average Bonchev–Trinajstić information content (AvgIpc) is 3.37. The van der Waals surface area contributed by atoms with Gasteiger partial charge in [-0.1, -0.05) is 36.4 Å². The van der Waals surface area contributed by atoms with Crippen LogP contribution in [-0.2, 0) is 9.53 Å². The number of morpholine rings is 1. The zero-order chi connectivity index (χ0) is 26.5. The molecule has 1 aliphatic heterocycles. The van der Waals surface area contributed by atoms with Crippen molar-refractivity contribution in [1.82, 2.24) is 25.0 Å². The lowest BCUT2D eigenvalue weighted by atomic mass is 10.1. The van der Waals surface area contributed by atoms with E-state index in [1.54, 1.807) is 52.3 Å². The van der Waals surface area contributed by atoms with Crippen LogP contribution in [0.1, 0.15) is 29.8 Å². The number of nitrogens with zero attached hydrogens (tertiary/aromatic N) is 4. The lowest BCUT2D eigenvalue weighted by molar-refractivity contribution is -0.139. The molecule has 1 saturated heterocycles. The molecule has 1 fully saturated rings. The molecule has 2 aromatic heterocycles. The average molecular weight is 508 g/mol. The maximum Gasteiger partial charge on any atom is 0.270 e. The number of ether oxygens (including phenoxy) is 1. The number of para-hydroxylation sites is 1. The van der Waals surface area contributed by atoms with E-state index in [0.717, 1.165) is 11.3 Å². The molecule has 0 aliphatic carbocycles. The van der Waals surface area contributed by atoms with E-state index in [2.05, 4.69) is 10.3 Å². The Bertz CT molecular complexity index is 1420. The van der Waals surface area contributed by atoms with Crippen molar-refractivity contribution in [2.45, 2.75) is 26.1 Å². The number of carbonyl (C=O) groups excluding carboxylic acids is 2. The maximum atomic E-state index is 13.8. The van der Waals surface area contributed by atoms with Gasteiger partial charge in [0, 0.05) is 48.4 Å².